The van der Waals surface area contributed by atoms with Crippen LogP contribution < -0.4 is 0 Å². The van der Waals surface area contributed by atoms with Crippen LogP contribution in [0.25, 0.3) is 0 Å². The maximum atomic E-state index is 12.7. The van der Waals surface area contributed by atoms with E-state index in [0.717, 1.165) is 16.5 Å². The van der Waals surface area contributed by atoms with Crippen molar-refractivity contribution in [2.45, 2.75) is 51.9 Å². The zero-order valence-electron chi connectivity index (χ0n) is 14.5. The molecule has 1 unspecified atom stereocenters. The molecule has 0 saturated carbocycles. The molecule has 2 rings (SSSR count). The summed E-state index contributed by atoms with van der Waals surface area (Å²) in [7, 11) is 1.74. The molecule has 0 spiro atoms. The first-order valence-corrected chi connectivity index (χ1v) is 8.78. The molecule has 0 aromatic heterocycles. The lowest BCUT2D eigenvalue weighted by molar-refractivity contribution is -0.0416. The number of likely N-dealkylation sites (tertiary alicyclic amines) is 1. The Bertz CT molecular complexity index is 555. The van der Waals surface area contributed by atoms with E-state index < -0.39 is 5.60 Å². The number of piperidine rings is 1. The van der Waals surface area contributed by atoms with Gasteiger partial charge in [0.2, 0.25) is 0 Å². The van der Waals surface area contributed by atoms with Crippen molar-refractivity contribution in [3.05, 3.63) is 34.3 Å². The molecule has 1 amide bonds. The van der Waals surface area contributed by atoms with Gasteiger partial charge in [0.15, 0.2) is 0 Å². The third-order valence-corrected chi connectivity index (χ3v) is 4.61. The van der Waals surface area contributed by atoms with E-state index in [1.807, 2.05) is 37.8 Å². The maximum Gasteiger partial charge on any atom is 0.410 e. The van der Waals surface area contributed by atoms with Gasteiger partial charge >= 0.3 is 6.09 Å². The van der Waals surface area contributed by atoms with E-state index in [1.54, 1.807) is 7.11 Å². The van der Waals surface area contributed by atoms with Crippen molar-refractivity contribution < 1.29 is 14.3 Å². The lowest BCUT2D eigenvalue weighted by atomic mass is 9.87. The summed E-state index contributed by atoms with van der Waals surface area (Å²) in [6.45, 7) is 8.42. The summed E-state index contributed by atoms with van der Waals surface area (Å²) in [5.74, 6) is 0.274. The molecule has 1 heterocycles. The minimum atomic E-state index is -0.500. The topological polar surface area (TPSA) is 38.8 Å². The van der Waals surface area contributed by atoms with Gasteiger partial charge in [0.25, 0.3) is 0 Å². The van der Waals surface area contributed by atoms with Crippen LogP contribution in [0.3, 0.4) is 0 Å². The van der Waals surface area contributed by atoms with Crippen molar-refractivity contribution >= 4 is 22.0 Å². The SMILES string of the molecule is COC1C[C@H](c2cccc(Br)c2)N(C(=O)OC(C)(C)C)C[C@H]1C. The van der Waals surface area contributed by atoms with Crippen LogP contribution in [0.4, 0.5) is 4.79 Å². The maximum absolute atomic E-state index is 12.7. The lowest BCUT2D eigenvalue weighted by Gasteiger charge is -2.43. The summed E-state index contributed by atoms with van der Waals surface area (Å²) >= 11 is 3.51. The highest BCUT2D eigenvalue weighted by molar-refractivity contribution is 9.10. The van der Waals surface area contributed by atoms with Crippen molar-refractivity contribution in [1.29, 1.82) is 0 Å². The molecule has 0 aliphatic carbocycles. The predicted octanol–water partition coefficient (Wildman–Crippen LogP) is 4.78. The van der Waals surface area contributed by atoms with Gasteiger partial charge in [0, 0.05) is 24.0 Å². The molecular weight excluding hydrogens is 358 g/mol. The number of carbonyl (C=O) groups is 1. The molecular formula is C18H26BrNO3. The number of hydrogen-bond donors (Lipinski definition) is 0. The Kier molecular flexibility index (Phi) is 5.74. The lowest BCUT2D eigenvalue weighted by Crippen LogP contribution is -2.49. The second kappa shape index (κ2) is 7.22. The van der Waals surface area contributed by atoms with E-state index in [2.05, 4.69) is 35.0 Å². The molecule has 1 aliphatic rings. The average Bonchev–Trinajstić information content (AvgIpc) is 2.45. The Hall–Kier alpha value is -1.07. The molecule has 0 N–H and O–H groups in total. The molecule has 3 atom stereocenters. The van der Waals surface area contributed by atoms with Crippen molar-refractivity contribution in [2.24, 2.45) is 5.92 Å². The molecule has 1 saturated heterocycles. The van der Waals surface area contributed by atoms with Gasteiger partial charge < -0.3 is 14.4 Å². The number of carbonyl (C=O) groups excluding carboxylic acids is 1. The zero-order valence-corrected chi connectivity index (χ0v) is 16.1. The van der Waals surface area contributed by atoms with Crippen LogP contribution in [-0.4, -0.2) is 36.4 Å². The second-order valence-corrected chi connectivity index (χ2v) is 8.11. The summed E-state index contributed by atoms with van der Waals surface area (Å²) in [5.41, 5.74) is 0.597. The zero-order chi connectivity index (χ0) is 17.2. The number of benzene rings is 1. The van der Waals surface area contributed by atoms with Crippen molar-refractivity contribution in [3.8, 4) is 0 Å². The number of nitrogens with zero attached hydrogens (tertiary/aromatic N) is 1. The quantitative estimate of drug-likeness (QED) is 0.737. The van der Waals surface area contributed by atoms with Crippen molar-refractivity contribution in [3.63, 3.8) is 0 Å². The minimum absolute atomic E-state index is 0.0384. The number of methoxy groups -OCH3 is 1. The highest BCUT2D eigenvalue weighted by Crippen LogP contribution is 2.36. The third-order valence-electron chi connectivity index (χ3n) is 4.12. The minimum Gasteiger partial charge on any atom is -0.444 e. The van der Waals surface area contributed by atoms with Gasteiger partial charge in [-0.05, 0) is 44.9 Å². The standard InChI is InChI=1S/C18H26BrNO3/c1-12-11-20(17(21)23-18(2,3)4)15(10-16(12)22-5)13-7-6-8-14(19)9-13/h6-9,12,15-16H,10-11H2,1-5H3/t12-,15-,16?/m1/s1. The molecule has 23 heavy (non-hydrogen) atoms. The Labute approximate surface area is 147 Å². The van der Waals surface area contributed by atoms with E-state index in [-0.39, 0.29) is 24.2 Å². The Morgan fingerprint density at radius 3 is 2.61 bits per heavy atom. The first kappa shape index (κ1) is 18.3. The number of hydrogen-bond acceptors (Lipinski definition) is 3. The van der Waals surface area contributed by atoms with E-state index in [1.165, 1.54) is 0 Å². The van der Waals surface area contributed by atoms with Crippen LogP contribution in [0.5, 0.6) is 0 Å². The molecule has 1 fully saturated rings. The average molecular weight is 384 g/mol. The fourth-order valence-electron chi connectivity index (χ4n) is 3.02. The van der Waals surface area contributed by atoms with Crippen LogP contribution in [0, 0.1) is 5.92 Å². The Morgan fingerprint density at radius 1 is 1.35 bits per heavy atom. The van der Waals surface area contributed by atoms with Crippen LogP contribution in [0.1, 0.15) is 45.7 Å². The molecule has 1 aliphatic heterocycles. The Balaban J connectivity index is 2.30. The van der Waals surface area contributed by atoms with Gasteiger partial charge in [-0.15, -0.1) is 0 Å². The van der Waals surface area contributed by atoms with Gasteiger partial charge in [-0.25, -0.2) is 4.79 Å². The van der Waals surface area contributed by atoms with Gasteiger partial charge in [-0.3, -0.25) is 0 Å². The highest BCUT2D eigenvalue weighted by atomic mass is 79.9. The smallest absolute Gasteiger partial charge is 0.410 e. The molecule has 0 radical (unpaired) electrons. The van der Waals surface area contributed by atoms with Crippen LogP contribution in [0.2, 0.25) is 0 Å². The highest BCUT2D eigenvalue weighted by Gasteiger charge is 2.38. The van der Waals surface area contributed by atoms with Crippen LogP contribution in [0.15, 0.2) is 28.7 Å². The second-order valence-electron chi connectivity index (χ2n) is 7.19. The molecule has 0 bridgehead atoms. The monoisotopic (exact) mass is 383 g/mol. The number of amides is 1. The largest absolute Gasteiger partial charge is 0.444 e. The van der Waals surface area contributed by atoms with E-state index in [9.17, 15) is 4.79 Å². The van der Waals surface area contributed by atoms with Crippen molar-refractivity contribution in [2.75, 3.05) is 13.7 Å². The van der Waals surface area contributed by atoms with E-state index in [4.69, 9.17) is 9.47 Å². The van der Waals surface area contributed by atoms with Crippen LogP contribution in [-0.2, 0) is 9.47 Å². The summed E-state index contributed by atoms with van der Waals surface area (Å²) < 4.78 is 12.2. The first-order valence-electron chi connectivity index (χ1n) is 7.99. The fourth-order valence-corrected chi connectivity index (χ4v) is 3.43. The molecule has 128 valence electrons. The van der Waals surface area contributed by atoms with Gasteiger partial charge in [-0.1, -0.05) is 35.0 Å². The normalized spacial score (nSPS) is 25.3. The molecule has 1 aromatic carbocycles. The van der Waals surface area contributed by atoms with Gasteiger partial charge in [0.05, 0.1) is 12.1 Å². The van der Waals surface area contributed by atoms with E-state index >= 15 is 0 Å². The fraction of sp³-hybridized carbons (Fsp3) is 0.611. The third kappa shape index (κ3) is 4.70. The molecule has 5 heteroatoms. The van der Waals surface area contributed by atoms with E-state index in [0.29, 0.717) is 6.54 Å². The number of rotatable bonds is 2. The predicted molar refractivity (Wildman–Crippen MR) is 94.4 cm³/mol. The first-order chi connectivity index (χ1) is 10.7. The summed E-state index contributed by atoms with van der Waals surface area (Å²) in [5, 5.41) is 0. The summed E-state index contributed by atoms with van der Waals surface area (Å²) in [6.07, 6.45) is 0.648. The van der Waals surface area contributed by atoms with Gasteiger partial charge in [-0.2, -0.15) is 0 Å². The Morgan fingerprint density at radius 2 is 2.04 bits per heavy atom. The molecule has 4 nitrogen and oxygen atoms in total. The van der Waals surface area contributed by atoms with Gasteiger partial charge in [0.1, 0.15) is 5.60 Å². The number of halogens is 1. The van der Waals surface area contributed by atoms with Crippen LogP contribution >= 0.6 is 15.9 Å². The summed E-state index contributed by atoms with van der Waals surface area (Å²) in [4.78, 5) is 14.5. The summed E-state index contributed by atoms with van der Waals surface area (Å²) in [6, 6.07) is 8.05. The number of ether oxygens (including phenoxy) is 2. The van der Waals surface area contributed by atoms with Crippen molar-refractivity contribution in [1.82, 2.24) is 4.90 Å². The molecule has 1 aromatic rings.